The second-order valence-corrected chi connectivity index (χ2v) is 6.05. The van der Waals surface area contributed by atoms with Gasteiger partial charge in [-0.3, -0.25) is 14.8 Å². The summed E-state index contributed by atoms with van der Waals surface area (Å²) in [5.74, 6) is 1.05. The van der Waals surface area contributed by atoms with Gasteiger partial charge in [-0.05, 0) is 24.6 Å². The first-order valence-electron chi connectivity index (χ1n) is 8.18. The Morgan fingerprint density at radius 3 is 3.00 bits per heavy atom. The van der Waals surface area contributed by atoms with Crippen LogP contribution in [-0.2, 0) is 6.54 Å². The van der Waals surface area contributed by atoms with Crippen molar-refractivity contribution in [2.75, 3.05) is 13.1 Å². The molecule has 1 unspecified atom stereocenters. The molecular weight excluding hydrogens is 320 g/mol. The lowest BCUT2D eigenvalue weighted by molar-refractivity contribution is 0.0932. The number of aromatic amines is 1. The normalized spacial score (nSPS) is 17.7. The van der Waals surface area contributed by atoms with Gasteiger partial charge >= 0.3 is 0 Å². The van der Waals surface area contributed by atoms with Crippen molar-refractivity contribution in [2.24, 2.45) is 0 Å². The molecule has 1 fully saturated rings. The lowest BCUT2D eigenvalue weighted by atomic mass is 10.2. The van der Waals surface area contributed by atoms with Crippen LogP contribution in [0.1, 0.15) is 22.7 Å². The molecule has 1 saturated heterocycles. The smallest absolute Gasteiger partial charge is 0.269 e. The van der Waals surface area contributed by atoms with E-state index >= 15 is 0 Å². The second-order valence-electron chi connectivity index (χ2n) is 6.05. The van der Waals surface area contributed by atoms with Gasteiger partial charge in [0.1, 0.15) is 5.69 Å². The Labute approximate surface area is 144 Å². The van der Waals surface area contributed by atoms with Crippen LogP contribution < -0.4 is 5.32 Å². The highest BCUT2D eigenvalue weighted by atomic mass is 16.5. The Bertz CT molecular complexity index is 830. The van der Waals surface area contributed by atoms with Gasteiger partial charge in [0.05, 0.1) is 6.54 Å². The maximum Gasteiger partial charge on any atom is 0.269 e. The summed E-state index contributed by atoms with van der Waals surface area (Å²) in [6, 6.07) is 11.5. The molecule has 1 aliphatic heterocycles. The fourth-order valence-corrected chi connectivity index (χ4v) is 2.96. The molecule has 3 aromatic rings. The zero-order valence-corrected chi connectivity index (χ0v) is 13.6. The average Bonchev–Trinajstić information content (AvgIpc) is 3.38. The third kappa shape index (κ3) is 3.58. The molecule has 0 aliphatic carbocycles. The van der Waals surface area contributed by atoms with Crippen LogP contribution >= 0.6 is 0 Å². The van der Waals surface area contributed by atoms with Crippen molar-refractivity contribution in [2.45, 2.75) is 19.0 Å². The highest BCUT2D eigenvalue weighted by molar-refractivity contribution is 5.92. The van der Waals surface area contributed by atoms with Crippen molar-refractivity contribution < 1.29 is 9.32 Å². The molecule has 4 rings (SSSR count). The summed E-state index contributed by atoms with van der Waals surface area (Å²) >= 11 is 0. The molecule has 0 saturated carbocycles. The molecule has 1 aliphatic rings. The summed E-state index contributed by atoms with van der Waals surface area (Å²) in [4.78, 5) is 18.7. The van der Waals surface area contributed by atoms with E-state index in [2.05, 4.69) is 30.6 Å². The summed E-state index contributed by atoms with van der Waals surface area (Å²) in [5, 5.41) is 13.5. The first kappa shape index (κ1) is 15.5. The maximum atomic E-state index is 12.0. The fraction of sp³-hybridized carbons (Fsp3) is 0.294. The minimum Gasteiger partial charge on any atom is -0.347 e. The van der Waals surface area contributed by atoms with E-state index in [0.717, 1.165) is 25.1 Å². The summed E-state index contributed by atoms with van der Waals surface area (Å²) in [6.07, 6.45) is 2.46. The van der Waals surface area contributed by atoms with Crippen LogP contribution in [0, 0.1) is 0 Å². The molecule has 0 bridgehead atoms. The lowest BCUT2D eigenvalue weighted by Gasteiger charge is -2.14. The maximum absolute atomic E-state index is 12.0. The number of aromatic nitrogens is 4. The quantitative estimate of drug-likeness (QED) is 0.731. The first-order chi connectivity index (χ1) is 12.3. The van der Waals surface area contributed by atoms with Gasteiger partial charge < -0.3 is 9.84 Å². The van der Waals surface area contributed by atoms with Crippen LogP contribution in [0.5, 0.6) is 0 Å². The van der Waals surface area contributed by atoms with Crippen molar-refractivity contribution in [3.05, 3.63) is 54.1 Å². The van der Waals surface area contributed by atoms with E-state index in [1.165, 1.54) is 0 Å². The highest BCUT2D eigenvalue weighted by Gasteiger charge is 2.25. The van der Waals surface area contributed by atoms with Crippen LogP contribution in [-0.4, -0.2) is 50.3 Å². The Hall–Kier alpha value is -3.00. The van der Waals surface area contributed by atoms with Crippen LogP contribution in [0.2, 0.25) is 0 Å². The highest BCUT2D eigenvalue weighted by Crippen LogP contribution is 2.18. The number of carbonyl (C=O) groups excluding carboxylic acids is 1. The molecule has 3 heterocycles. The minimum absolute atomic E-state index is 0.108. The predicted molar refractivity (Wildman–Crippen MR) is 89.5 cm³/mol. The van der Waals surface area contributed by atoms with Gasteiger partial charge in [0.15, 0.2) is 5.82 Å². The monoisotopic (exact) mass is 338 g/mol. The van der Waals surface area contributed by atoms with Gasteiger partial charge in [0.2, 0.25) is 0 Å². The number of carbonyl (C=O) groups is 1. The van der Waals surface area contributed by atoms with Crippen LogP contribution in [0.25, 0.3) is 11.5 Å². The number of amides is 1. The Morgan fingerprint density at radius 1 is 1.32 bits per heavy atom. The van der Waals surface area contributed by atoms with Gasteiger partial charge in [-0.2, -0.15) is 10.1 Å². The molecule has 0 radical (unpaired) electrons. The van der Waals surface area contributed by atoms with E-state index in [9.17, 15) is 4.79 Å². The van der Waals surface area contributed by atoms with Crippen molar-refractivity contribution in [1.29, 1.82) is 0 Å². The number of nitrogens with one attached hydrogen (secondary N) is 2. The van der Waals surface area contributed by atoms with Crippen molar-refractivity contribution >= 4 is 5.91 Å². The molecular formula is C17H18N6O2. The van der Waals surface area contributed by atoms with E-state index in [-0.39, 0.29) is 11.9 Å². The SMILES string of the molecule is O=C(NC1CCN(Cc2noc(-c3ccccc3)n2)C1)c1ccn[nH]1. The summed E-state index contributed by atoms with van der Waals surface area (Å²) in [7, 11) is 0. The number of hydrogen-bond donors (Lipinski definition) is 2. The molecule has 1 aromatic carbocycles. The van der Waals surface area contributed by atoms with Crippen molar-refractivity contribution in [3.63, 3.8) is 0 Å². The fourth-order valence-electron chi connectivity index (χ4n) is 2.96. The molecule has 1 atom stereocenters. The zero-order valence-electron chi connectivity index (χ0n) is 13.6. The number of nitrogens with zero attached hydrogens (tertiary/aromatic N) is 4. The third-order valence-electron chi connectivity index (χ3n) is 4.21. The topological polar surface area (TPSA) is 99.9 Å². The van der Waals surface area contributed by atoms with Gasteiger partial charge in [0.25, 0.3) is 11.8 Å². The van der Waals surface area contributed by atoms with Gasteiger partial charge in [-0.25, -0.2) is 0 Å². The zero-order chi connectivity index (χ0) is 17.1. The van der Waals surface area contributed by atoms with E-state index in [1.54, 1.807) is 12.3 Å². The average molecular weight is 338 g/mol. The van der Waals surface area contributed by atoms with Crippen molar-refractivity contribution in [1.82, 2.24) is 30.6 Å². The summed E-state index contributed by atoms with van der Waals surface area (Å²) < 4.78 is 5.33. The van der Waals surface area contributed by atoms with E-state index in [0.29, 0.717) is 24.0 Å². The molecule has 2 aromatic heterocycles. The Morgan fingerprint density at radius 2 is 2.20 bits per heavy atom. The van der Waals surface area contributed by atoms with Gasteiger partial charge in [-0.15, -0.1) is 0 Å². The number of likely N-dealkylation sites (tertiary alicyclic amines) is 1. The number of rotatable bonds is 5. The van der Waals surface area contributed by atoms with Gasteiger partial charge in [-0.1, -0.05) is 23.4 Å². The van der Waals surface area contributed by atoms with E-state index in [4.69, 9.17) is 4.52 Å². The molecule has 25 heavy (non-hydrogen) atoms. The largest absolute Gasteiger partial charge is 0.347 e. The predicted octanol–water partition coefficient (Wildman–Crippen LogP) is 1.46. The molecule has 128 valence electrons. The van der Waals surface area contributed by atoms with E-state index < -0.39 is 0 Å². The van der Waals surface area contributed by atoms with Crippen LogP contribution in [0.4, 0.5) is 0 Å². The number of H-pyrrole nitrogens is 1. The van der Waals surface area contributed by atoms with Gasteiger partial charge in [0, 0.05) is 30.9 Å². The van der Waals surface area contributed by atoms with Crippen LogP contribution in [0.3, 0.4) is 0 Å². The molecule has 1 amide bonds. The number of benzene rings is 1. The van der Waals surface area contributed by atoms with Crippen molar-refractivity contribution in [3.8, 4) is 11.5 Å². The number of hydrogen-bond acceptors (Lipinski definition) is 6. The van der Waals surface area contributed by atoms with E-state index in [1.807, 2.05) is 30.3 Å². The molecule has 8 heteroatoms. The second kappa shape index (κ2) is 6.86. The third-order valence-corrected chi connectivity index (χ3v) is 4.21. The summed E-state index contributed by atoms with van der Waals surface area (Å²) in [6.45, 7) is 2.24. The Balaban J connectivity index is 1.32. The Kier molecular flexibility index (Phi) is 4.26. The lowest BCUT2D eigenvalue weighted by Crippen LogP contribution is -2.37. The molecule has 8 nitrogen and oxygen atoms in total. The molecule has 2 N–H and O–H groups in total. The van der Waals surface area contributed by atoms with Crippen LogP contribution in [0.15, 0.2) is 47.1 Å². The minimum atomic E-state index is -0.129. The summed E-state index contributed by atoms with van der Waals surface area (Å²) in [5.41, 5.74) is 1.39. The first-order valence-corrected chi connectivity index (χ1v) is 8.18. The molecule has 0 spiro atoms. The standard InChI is InChI=1S/C17H18N6O2/c24-16(14-6-8-18-21-14)19-13-7-9-23(10-13)11-15-20-17(25-22-15)12-4-2-1-3-5-12/h1-6,8,13H,7,9-11H2,(H,18,21)(H,19,24).